The average Bonchev–Trinajstić information content (AvgIpc) is 2.34. The largest absolute Gasteiger partial charge is 0.480 e. The number of amides is 1. The summed E-state index contributed by atoms with van der Waals surface area (Å²) < 4.78 is 0. The second-order valence-corrected chi connectivity index (χ2v) is 3.24. The molecule has 1 aliphatic rings. The number of likely N-dealkylation sites (tertiary alicyclic amines) is 1. The van der Waals surface area contributed by atoms with Gasteiger partial charge in [-0.25, -0.2) is 0 Å². The molecule has 1 saturated heterocycles. The number of aliphatic carboxylic acids is 1. The van der Waals surface area contributed by atoms with Crippen LogP contribution >= 0.6 is 0 Å². The highest BCUT2D eigenvalue weighted by Crippen LogP contribution is 2.34. The molecule has 4 heteroatoms. The third-order valence-electron chi connectivity index (χ3n) is 2.44. The van der Waals surface area contributed by atoms with Crippen molar-refractivity contribution in [2.24, 2.45) is 5.41 Å². The summed E-state index contributed by atoms with van der Waals surface area (Å²) in [6, 6.07) is 0. The number of hydrogen-bond donors (Lipinski definition) is 1. The lowest BCUT2D eigenvalue weighted by Gasteiger charge is -2.18. The second-order valence-electron chi connectivity index (χ2n) is 3.24. The number of nitrogens with zero attached hydrogens (tertiary/aromatic N) is 1. The third kappa shape index (κ3) is 1.26. The quantitative estimate of drug-likeness (QED) is 0.479. The van der Waals surface area contributed by atoms with Crippen molar-refractivity contribution in [3.63, 3.8) is 0 Å². The molecule has 70 valence electrons. The standard InChI is InChI=1S/C9H11NO3/c1-3-4-9(8(12)13)5-6-10(2)7(9)11/h1H,4-6H2,2H3,(H,12,13)/t9-/m0/s1. The highest BCUT2D eigenvalue weighted by atomic mass is 16.4. The van der Waals surface area contributed by atoms with E-state index < -0.39 is 11.4 Å². The Morgan fingerprint density at radius 3 is 2.77 bits per heavy atom. The molecule has 1 atom stereocenters. The van der Waals surface area contributed by atoms with Crippen LogP contribution in [0.15, 0.2) is 0 Å². The van der Waals surface area contributed by atoms with Gasteiger partial charge in [-0.2, -0.15) is 0 Å². The highest BCUT2D eigenvalue weighted by molar-refractivity contribution is 6.03. The summed E-state index contributed by atoms with van der Waals surface area (Å²) >= 11 is 0. The Morgan fingerprint density at radius 2 is 2.46 bits per heavy atom. The Hall–Kier alpha value is -1.50. The summed E-state index contributed by atoms with van der Waals surface area (Å²) in [5, 5.41) is 8.94. The SMILES string of the molecule is C#CC[C@]1(C(=O)O)CCN(C)C1=O. The van der Waals surface area contributed by atoms with Crippen molar-refractivity contribution < 1.29 is 14.7 Å². The van der Waals surface area contributed by atoms with Gasteiger partial charge in [-0.1, -0.05) is 0 Å². The number of rotatable bonds is 2. The second kappa shape index (κ2) is 3.09. The van der Waals surface area contributed by atoms with Crippen LogP contribution < -0.4 is 0 Å². The molecule has 1 rings (SSSR count). The smallest absolute Gasteiger partial charge is 0.320 e. The molecule has 1 fully saturated rings. The van der Waals surface area contributed by atoms with Gasteiger partial charge in [0.25, 0.3) is 0 Å². The lowest BCUT2D eigenvalue weighted by Crippen LogP contribution is -2.39. The zero-order chi connectivity index (χ0) is 10.1. The molecular weight excluding hydrogens is 170 g/mol. The van der Waals surface area contributed by atoms with E-state index in [4.69, 9.17) is 11.5 Å². The van der Waals surface area contributed by atoms with E-state index in [0.29, 0.717) is 13.0 Å². The zero-order valence-corrected chi connectivity index (χ0v) is 7.41. The van der Waals surface area contributed by atoms with Crippen LogP contribution in [0.1, 0.15) is 12.8 Å². The Labute approximate surface area is 76.5 Å². The molecule has 13 heavy (non-hydrogen) atoms. The van der Waals surface area contributed by atoms with E-state index in [-0.39, 0.29) is 12.3 Å². The third-order valence-corrected chi connectivity index (χ3v) is 2.44. The van der Waals surface area contributed by atoms with E-state index >= 15 is 0 Å². The zero-order valence-electron chi connectivity index (χ0n) is 7.41. The van der Waals surface area contributed by atoms with E-state index in [1.165, 1.54) is 4.90 Å². The molecule has 1 aliphatic heterocycles. The van der Waals surface area contributed by atoms with Crippen molar-refractivity contribution in [3.05, 3.63) is 0 Å². The van der Waals surface area contributed by atoms with Crippen molar-refractivity contribution in [3.8, 4) is 12.3 Å². The number of carbonyl (C=O) groups is 2. The first kappa shape index (κ1) is 9.59. The molecule has 0 aromatic carbocycles. The molecule has 0 unspecified atom stereocenters. The van der Waals surface area contributed by atoms with E-state index in [9.17, 15) is 9.59 Å². The fourth-order valence-corrected chi connectivity index (χ4v) is 1.54. The summed E-state index contributed by atoms with van der Waals surface area (Å²) in [6.45, 7) is 0.465. The fourth-order valence-electron chi connectivity index (χ4n) is 1.54. The van der Waals surface area contributed by atoms with Gasteiger partial charge in [-0.3, -0.25) is 9.59 Å². The number of carboxylic acid groups (broad SMARTS) is 1. The van der Waals surface area contributed by atoms with Crippen LogP contribution in [0, 0.1) is 17.8 Å². The van der Waals surface area contributed by atoms with E-state index in [0.717, 1.165) is 0 Å². The summed E-state index contributed by atoms with van der Waals surface area (Å²) in [5.41, 5.74) is -1.36. The van der Waals surface area contributed by atoms with E-state index in [2.05, 4.69) is 5.92 Å². The molecular formula is C9H11NO3. The van der Waals surface area contributed by atoms with Crippen LogP contribution in [-0.4, -0.2) is 35.5 Å². The molecule has 1 N–H and O–H groups in total. The van der Waals surface area contributed by atoms with Gasteiger partial charge < -0.3 is 10.0 Å². The number of carboxylic acids is 1. The van der Waals surface area contributed by atoms with Gasteiger partial charge >= 0.3 is 5.97 Å². The average molecular weight is 181 g/mol. The first-order chi connectivity index (χ1) is 6.04. The van der Waals surface area contributed by atoms with Gasteiger partial charge in [-0.05, 0) is 6.42 Å². The molecule has 0 aromatic heterocycles. The molecule has 0 bridgehead atoms. The fraction of sp³-hybridized carbons (Fsp3) is 0.556. The van der Waals surface area contributed by atoms with E-state index in [1.807, 2.05) is 0 Å². The van der Waals surface area contributed by atoms with Crippen LogP contribution in [-0.2, 0) is 9.59 Å². The molecule has 0 aromatic rings. The number of carbonyl (C=O) groups excluding carboxylic acids is 1. The molecule has 1 heterocycles. The van der Waals surface area contributed by atoms with Gasteiger partial charge in [0.15, 0.2) is 5.41 Å². The highest BCUT2D eigenvalue weighted by Gasteiger charge is 2.51. The molecule has 1 amide bonds. The van der Waals surface area contributed by atoms with Gasteiger partial charge in [-0.15, -0.1) is 12.3 Å². The van der Waals surface area contributed by atoms with Gasteiger partial charge in [0.1, 0.15) is 0 Å². The maximum Gasteiger partial charge on any atom is 0.320 e. The molecule has 0 radical (unpaired) electrons. The van der Waals surface area contributed by atoms with Gasteiger partial charge in [0.2, 0.25) is 5.91 Å². The van der Waals surface area contributed by atoms with Crippen molar-refractivity contribution >= 4 is 11.9 Å². The van der Waals surface area contributed by atoms with Crippen LogP contribution in [0.3, 0.4) is 0 Å². The van der Waals surface area contributed by atoms with Crippen molar-refractivity contribution in [1.29, 1.82) is 0 Å². The van der Waals surface area contributed by atoms with Gasteiger partial charge in [0, 0.05) is 20.0 Å². The van der Waals surface area contributed by atoms with Crippen LogP contribution in [0.2, 0.25) is 0 Å². The summed E-state index contributed by atoms with van der Waals surface area (Å²) in [4.78, 5) is 23.8. The Balaban J connectivity index is 3.00. The van der Waals surface area contributed by atoms with Crippen molar-refractivity contribution in [2.45, 2.75) is 12.8 Å². The van der Waals surface area contributed by atoms with Gasteiger partial charge in [0.05, 0.1) is 0 Å². The number of hydrogen-bond acceptors (Lipinski definition) is 2. The van der Waals surface area contributed by atoms with Crippen molar-refractivity contribution in [1.82, 2.24) is 4.90 Å². The van der Waals surface area contributed by atoms with Crippen LogP contribution in [0.4, 0.5) is 0 Å². The Kier molecular flexibility index (Phi) is 2.28. The lowest BCUT2D eigenvalue weighted by atomic mass is 9.83. The summed E-state index contributed by atoms with van der Waals surface area (Å²) in [6.07, 6.45) is 5.34. The van der Waals surface area contributed by atoms with Crippen molar-refractivity contribution in [2.75, 3.05) is 13.6 Å². The summed E-state index contributed by atoms with van der Waals surface area (Å²) in [5.74, 6) is 0.766. The lowest BCUT2D eigenvalue weighted by molar-refractivity contribution is -0.155. The normalized spacial score (nSPS) is 27.4. The number of terminal acetylenes is 1. The Morgan fingerprint density at radius 1 is 1.85 bits per heavy atom. The Bertz CT molecular complexity index is 292. The summed E-state index contributed by atoms with van der Waals surface area (Å²) in [7, 11) is 1.59. The molecule has 0 saturated carbocycles. The predicted molar refractivity (Wildman–Crippen MR) is 45.8 cm³/mol. The molecule has 4 nitrogen and oxygen atoms in total. The minimum atomic E-state index is -1.36. The minimum absolute atomic E-state index is 0.0223. The first-order valence-corrected chi connectivity index (χ1v) is 3.97. The molecule has 0 aliphatic carbocycles. The topological polar surface area (TPSA) is 57.6 Å². The first-order valence-electron chi connectivity index (χ1n) is 3.97. The maximum absolute atomic E-state index is 11.5. The van der Waals surface area contributed by atoms with E-state index in [1.54, 1.807) is 7.05 Å². The maximum atomic E-state index is 11.5. The molecule has 0 spiro atoms. The van der Waals surface area contributed by atoms with Crippen LogP contribution in [0.25, 0.3) is 0 Å². The minimum Gasteiger partial charge on any atom is -0.480 e. The van der Waals surface area contributed by atoms with Crippen LogP contribution in [0.5, 0.6) is 0 Å². The monoisotopic (exact) mass is 181 g/mol. The predicted octanol–water partition coefficient (Wildman–Crippen LogP) is -0.0572.